The maximum atomic E-state index is 12.5. The number of hydrogen-bond donors (Lipinski definition) is 2. The summed E-state index contributed by atoms with van der Waals surface area (Å²) in [6.45, 7) is 0.633. The Hall–Kier alpha value is -3.46. The van der Waals surface area contributed by atoms with E-state index in [0.29, 0.717) is 40.8 Å². The summed E-state index contributed by atoms with van der Waals surface area (Å²) in [6.07, 6.45) is 0. The second kappa shape index (κ2) is 8.70. The highest BCUT2D eigenvalue weighted by atomic mass is 16.5. The molecule has 2 amide bonds. The molecule has 0 aliphatic heterocycles. The topological polar surface area (TPSA) is 98.1 Å². The number of carbonyl (C=O) groups is 1. The molecule has 0 spiro atoms. The lowest BCUT2D eigenvalue weighted by molar-refractivity contribution is 0.262. The van der Waals surface area contributed by atoms with Crippen molar-refractivity contribution in [2.75, 3.05) is 46.1 Å². The highest BCUT2D eigenvalue weighted by Gasteiger charge is 2.15. The van der Waals surface area contributed by atoms with E-state index in [-0.39, 0.29) is 0 Å². The smallest absolute Gasteiger partial charge is 0.323 e. The lowest BCUT2D eigenvalue weighted by Crippen LogP contribution is -2.19. The molecule has 9 nitrogen and oxygen atoms in total. The molecule has 9 heteroatoms. The molecule has 2 aromatic carbocycles. The molecule has 1 aromatic heterocycles. The van der Waals surface area contributed by atoms with Crippen LogP contribution in [0.5, 0.6) is 17.2 Å². The van der Waals surface area contributed by atoms with E-state index in [1.54, 1.807) is 24.3 Å². The summed E-state index contributed by atoms with van der Waals surface area (Å²) in [5.41, 5.74) is 2.58. The minimum absolute atomic E-state index is 0.413. The van der Waals surface area contributed by atoms with Crippen molar-refractivity contribution in [2.24, 2.45) is 0 Å². The number of carbonyl (C=O) groups excluding carboxylic acids is 1. The van der Waals surface area contributed by atoms with Crippen LogP contribution >= 0.6 is 0 Å². The van der Waals surface area contributed by atoms with Crippen LogP contribution < -0.4 is 24.8 Å². The van der Waals surface area contributed by atoms with Gasteiger partial charge in [-0.3, -0.25) is 0 Å². The molecule has 0 saturated heterocycles. The second-order valence-corrected chi connectivity index (χ2v) is 6.57. The maximum Gasteiger partial charge on any atom is 0.323 e. The zero-order valence-electron chi connectivity index (χ0n) is 17.0. The summed E-state index contributed by atoms with van der Waals surface area (Å²) < 4.78 is 21.2. The minimum Gasteiger partial charge on any atom is -0.493 e. The SMILES string of the molecule is COc1cc(NC(=O)Nc2ccc3onc(CN(C)C)c3c2)cc(OC)c1OC. The molecule has 29 heavy (non-hydrogen) atoms. The van der Waals surface area contributed by atoms with Crippen LogP contribution in [-0.2, 0) is 6.54 Å². The number of urea groups is 1. The summed E-state index contributed by atoms with van der Waals surface area (Å²) in [5.74, 6) is 1.34. The Morgan fingerprint density at radius 1 is 1.00 bits per heavy atom. The minimum atomic E-state index is -0.413. The van der Waals surface area contributed by atoms with E-state index in [1.165, 1.54) is 21.3 Å². The Morgan fingerprint density at radius 2 is 1.66 bits per heavy atom. The van der Waals surface area contributed by atoms with Gasteiger partial charge in [-0.2, -0.15) is 0 Å². The number of methoxy groups -OCH3 is 3. The number of benzene rings is 2. The lowest BCUT2D eigenvalue weighted by Gasteiger charge is -2.15. The number of ether oxygens (including phenoxy) is 3. The van der Waals surface area contributed by atoms with E-state index in [1.807, 2.05) is 25.1 Å². The highest BCUT2D eigenvalue weighted by Crippen LogP contribution is 2.40. The Balaban J connectivity index is 1.78. The number of rotatable bonds is 7. The monoisotopic (exact) mass is 400 g/mol. The first-order valence-electron chi connectivity index (χ1n) is 8.86. The molecule has 0 saturated carbocycles. The highest BCUT2D eigenvalue weighted by molar-refractivity contribution is 6.01. The molecule has 1 heterocycles. The van der Waals surface area contributed by atoms with Gasteiger partial charge >= 0.3 is 6.03 Å². The van der Waals surface area contributed by atoms with Gasteiger partial charge in [-0.25, -0.2) is 4.79 Å². The zero-order chi connectivity index (χ0) is 21.0. The van der Waals surface area contributed by atoms with Gasteiger partial charge in [-0.05, 0) is 32.3 Å². The van der Waals surface area contributed by atoms with Crippen molar-refractivity contribution in [3.8, 4) is 17.2 Å². The fraction of sp³-hybridized carbons (Fsp3) is 0.300. The number of aromatic nitrogens is 1. The van der Waals surface area contributed by atoms with E-state index in [4.69, 9.17) is 18.7 Å². The van der Waals surface area contributed by atoms with Crippen molar-refractivity contribution >= 4 is 28.4 Å². The van der Waals surface area contributed by atoms with Crippen molar-refractivity contribution in [1.82, 2.24) is 10.1 Å². The first kappa shape index (κ1) is 20.3. The van der Waals surface area contributed by atoms with Crippen molar-refractivity contribution in [2.45, 2.75) is 6.54 Å². The summed E-state index contributed by atoms with van der Waals surface area (Å²) in [7, 11) is 8.45. The third kappa shape index (κ3) is 4.52. The number of hydrogen-bond acceptors (Lipinski definition) is 7. The first-order chi connectivity index (χ1) is 13.9. The first-order valence-corrected chi connectivity index (χ1v) is 8.86. The van der Waals surface area contributed by atoms with Gasteiger partial charge in [-0.15, -0.1) is 0 Å². The predicted molar refractivity (Wildman–Crippen MR) is 110 cm³/mol. The van der Waals surface area contributed by atoms with Crippen LogP contribution in [-0.4, -0.2) is 51.5 Å². The third-order valence-electron chi connectivity index (χ3n) is 4.19. The molecule has 0 atom stereocenters. The molecule has 0 aliphatic carbocycles. The fourth-order valence-electron chi connectivity index (χ4n) is 2.93. The van der Waals surface area contributed by atoms with Crippen LogP contribution in [0.15, 0.2) is 34.9 Å². The number of nitrogens with zero attached hydrogens (tertiary/aromatic N) is 2. The van der Waals surface area contributed by atoms with E-state index in [2.05, 4.69) is 15.8 Å². The van der Waals surface area contributed by atoms with Crippen molar-refractivity contribution < 1.29 is 23.5 Å². The molecular formula is C20H24N4O5. The van der Waals surface area contributed by atoms with Crippen LogP contribution in [0.25, 0.3) is 11.0 Å². The van der Waals surface area contributed by atoms with Crippen molar-refractivity contribution in [1.29, 1.82) is 0 Å². The van der Waals surface area contributed by atoms with Gasteiger partial charge in [0, 0.05) is 29.8 Å². The fourth-order valence-corrected chi connectivity index (χ4v) is 2.93. The average molecular weight is 400 g/mol. The molecule has 0 aliphatic rings. The van der Waals surface area contributed by atoms with Crippen molar-refractivity contribution in [3.63, 3.8) is 0 Å². The number of nitrogens with one attached hydrogen (secondary N) is 2. The van der Waals surface area contributed by atoms with Gasteiger partial charge in [0.15, 0.2) is 17.1 Å². The predicted octanol–water partition coefficient (Wildman–Crippen LogP) is 3.56. The largest absolute Gasteiger partial charge is 0.493 e. The number of anilines is 2. The molecule has 2 N–H and O–H groups in total. The van der Waals surface area contributed by atoms with Gasteiger partial charge in [0.05, 0.1) is 27.0 Å². The van der Waals surface area contributed by atoms with Gasteiger partial charge in [0.25, 0.3) is 0 Å². The molecule has 0 unspecified atom stereocenters. The van der Waals surface area contributed by atoms with Gasteiger partial charge in [-0.1, -0.05) is 5.16 Å². The summed E-state index contributed by atoms with van der Waals surface area (Å²) in [6, 6.07) is 8.25. The molecule has 154 valence electrons. The Labute approximate surface area is 168 Å². The van der Waals surface area contributed by atoms with Crippen LogP contribution in [0.3, 0.4) is 0 Å². The van der Waals surface area contributed by atoms with E-state index < -0.39 is 6.03 Å². The van der Waals surface area contributed by atoms with Gasteiger partial charge < -0.3 is 34.3 Å². The molecule has 3 aromatic rings. The molecule has 0 fully saturated rings. The van der Waals surface area contributed by atoms with Crippen molar-refractivity contribution in [3.05, 3.63) is 36.0 Å². The van der Waals surface area contributed by atoms with E-state index in [9.17, 15) is 4.79 Å². The number of fused-ring (bicyclic) bond motifs is 1. The molecule has 0 radical (unpaired) electrons. The standard InChI is InChI=1S/C20H24N4O5/c1-24(2)11-15-14-8-12(6-7-16(14)29-23-15)21-20(25)22-13-9-17(26-3)19(28-5)18(10-13)27-4/h6-10H,11H2,1-5H3,(H2,21,22,25). The summed E-state index contributed by atoms with van der Waals surface area (Å²) >= 11 is 0. The molecular weight excluding hydrogens is 376 g/mol. The maximum absolute atomic E-state index is 12.5. The van der Waals surface area contributed by atoms with Gasteiger partial charge in [0.2, 0.25) is 5.75 Å². The van der Waals surface area contributed by atoms with Crippen LogP contribution in [0.1, 0.15) is 5.69 Å². The lowest BCUT2D eigenvalue weighted by atomic mass is 10.2. The quantitative estimate of drug-likeness (QED) is 0.626. The molecule has 3 rings (SSSR count). The normalized spacial score (nSPS) is 10.8. The van der Waals surface area contributed by atoms with Gasteiger partial charge in [0.1, 0.15) is 5.69 Å². The van der Waals surface area contributed by atoms with E-state index >= 15 is 0 Å². The molecule has 0 bridgehead atoms. The number of amides is 2. The Morgan fingerprint density at radius 3 is 2.24 bits per heavy atom. The zero-order valence-corrected chi connectivity index (χ0v) is 17.0. The second-order valence-electron chi connectivity index (χ2n) is 6.57. The van der Waals surface area contributed by atoms with Crippen LogP contribution in [0, 0.1) is 0 Å². The van der Waals surface area contributed by atoms with Crippen LogP contribution in [0.4, 0.5) is 16.2 Å². The Bertz CT molecular complexity index is 990. The average Bonchev–Trinajstić information content (AvgIpc) is 3.08. The third-order valence-corrected chi connectivity index (χ3v) is 4.19. The van der Waals surface area contributed by atoms with Crippen LogP contribution in [0.2, 0.25) is 0 Å². The van der Waals surface area contributed by atoms with E-state index in [0.717, 1.165) is 11.1 Å². The summed E-state index contributed by atoms with van der Waals surface area (Å²) in [4.78, 5) is 14.5. The Kier molecular flexibility index (Phi) is 6.08. The summed E-state index contributed by atoms with van der Waals surface area (Å²) in [5, 5.41) is 10.5.